The minimum atomic E-state index is -4.78. The molecule has 0 atom stereocenters. The van der Waals surface area contributed by atoms with E-state index in [1.165, 1.54) is 38.1 Å². The Morgan fingerprint density at radius 3 is 2.43 bits per heavy atom. The van der Waals surface area contributed by atoms with E-state index in [-0.39, 0.29) is 22.6 Å². The van der Waals surface area contributed by atoms with E-state index in [9.17, 15) is 22.8 Å². The number of aryl methyl sites for hydroxylation is 1. The molecule has 0 unspecified atom stereocenters. The van der Waals surface area contributed by atoms with Crippen LogP contribution in [-0.4, -0.2) is 50.2 Å². The highest BCUT2D eigenvalue weighted by molar-refractivity contribution is 5.93. The molecule has 0 aliphatic carbocycles. The number of amides is 2. The molecule has 44 heavy (non-hydrogen) atoms. The van der Waals surface area contributed by atoms with Gasteiger partial charge in [0, 0.05) is 55.6 Å². The zero-order valence-corrected chi connectivity index (χ0v) is 23.9. The normalized spacial score (nSPS) is 11.7. The summed E-state index contributed by atoms with van der Waals surface area (Å²) in [5.74, 6) is -2.25. The fourth-order valence-corrected chi connectivity index (χ4v) is 4.62. The van der Waals surface area contributed by atoms with Crippen molar-refractivity contribution in [3.63, 3.8) is 0 Å². The van der Waals surface area contributed by atoms with Crippen molar-refractivity contribution in [3.05, 3.63) is 108 Å². The van der Waals surface area contributed by atoms with Gasteiger partial charge in [-0.05, 0) is 66.1 Å². The first-order valence-electron chi connectivity index (χ1n) is 13.3. The Bertz CT molecular complexity index is 1900. The van der Waals surface area contributed by atoms with Crippen molar-refractivity contribution in [2.45, 2.75) is 19.5 Å². The molecule has 0 saturated heterocycles. The summed E-state index contributed by atoms with van der Waals surface area (Å²) in [6, 6.07) is 12.6. The molecule has 5 aromatic rings. The predicted octanol–water partition coefficient (Wildman–Crippen LogP) is 6.21. The number of hydrogen-bond donors (Lipinski definition) is 1. The number of aromatic nitrogens is 4. The van der Waals surface area contributed by atoms with Crippen molar-refractivity contribution in [1.82, 2.24) is 24.3 Å². The summed E-state index contributed by atoms with van der Waals surface area (Å²) in [5, 5.41) is 2.33. The lowest BCUT2D eigenvalue weighted by Crippen LogP contribution is -2.19. The first-order valence-corrected chi connectivity index (χ1v) is 13.3. The highest BCUT2D eigenvalue weighted by atomic mass is 19.4. The number of nitrogens with one attached hydrogen (secondary N) is 1. The van der Waals surface area contributed by atoms with Gasteiger partial charge in [0.2, 0.25) is 11.8 Å². The molecule has 0 saturated carbocycles. The third kappa shape index (κ3) is 6.48. The number of benzene rings is 1. The third-order valence-electron chi connectivity index (χ3n) is 6.88. The number of hydrogen-bond acceptors (Lipinski definition) is 5. The van der Waals surface area contributed by atoms with Crippen LogP contribution in [0.15, 0.2) is 79.4 Å². The minimum absolute atomic E-state index is 0.0469. The largest absolute Gasteiger partial charge is 0.417 e. The predicted molar refractivity (Wildman–Crippen MR) is 158 cm³/mol. The molecule has 5 rings (SSSR count). The molecule has 4 aromatic heterocycles. The summed E-state index contributed by atoms with van der Waals surface area (Å²) in [6.45, 7) is 1.34. The smallest absolute Gasteiger partial charge is 0.345 e. The molecule has 0 fully saturated rings. The van der Waals surface area contributed by atoms with Crippen LogP contribution in [0.5, 0.6) is 0 Å². The number of fused-ring (bicyclic) bond motifs is 1. The molecule has 1 aromatic carbocycles. The highest BCUT2D eigenvalue weighted by Gasteiger charge is 2.34. The Labute approximate surface area is 249 Å². The Morgan fingerprint density at radius 2 is 1.75 bits per heavy atom. The van der Waals surface area contributed by atoms with E-state index in [0.29, 0.717) is 23.0 Å². The number of nitrogens with zero attached hydrogens (tertiary/aromatic N) is 5. The van der Waals surface area contributed by atoms with Gasteiger partial charge in [0.1, 0.15) is 17.3 Å². The topological polar surface area (TPSA) is 92.5 Å². The van der Waals surface area contributed by atoms with Crippen LogP contribution >= 0.6 is 0 Å². The van der Waals surface area contributed by atoms with Crippen LogP contribution in [0.1, 0.15) is 22.4 Å². The maximum absolute atomic E-state index is 15.2. The van der Waals surface area contributed by atoms with Gasteiger partial charge in [-0.2, -0.15) is 13.2 Å². The molecule has 12 heteroatoms. The standard InChI is InChI=1S/C32H26F4N6O2/c1-19-24(6-7-31(44)41(2)3)25(32(34,35)36)17-28(39-19)40-30(43)16-22-4-5-23(14-26(22)33)27-18-38-29-15-21(10-13-42(27)29)20-8-11-37-12-9-20/h4-15,17-18H,16H2,1-3H3,(H,39,40,43)/b7-6+. The lowest BCUT2D eigenvalue weighted by Gasteiger charge is -2.15. The van der Waals surface area contributed by atoms with Crippen LogP contribution in [0, 0.1) is 12.7 Å². The second-order valence-electron chi connectivity index (χ2n) is 10.2. The number of carbonyl (C=O) groups excluding carboxylic acids is 2. The molecule has 0 spiro atoms. The van der Waals surface area contributed by atoms with E-state index in [0.717, 1.165) is 23.3 Å². The van der Waals surface area contributed by atoms with Crippen LogP contribution in [-0.2, 0) is 22.2 Å². The molecule has 0 bridgehead atoms. The van der Waals surface area contributed by atoms with E-state index in [4.69, 9.17) is 0 Å². The maximum atomic E-state index is 15.2. The lowest BCUT2D eigenvalue weighted by atomic mass is 10.0. The summed E-state index contributed by atoms with van der Waals surface area (Å²) < 4.78 is 58.5. The molecule has 8 nitrogen and oxygen atoms in total. The third-order valence-corrected chi connectivity index (χ3v) is 6.88. The van der Waals surface area contributed by atoms with Crippen LogP contribution in [0.3, 0.4) is 0 Å². The van der Waals surface area contributed by atoms with Gasteiger partial charge in [-0.1, -0.05) is 12.1 Å². The number of likely N-dealkylation sites (N-methyl/N-ethyl adjacent to an activating group) is 1. The fraction of sp³-hybridized carbons (Fsp3) is 0.156. The number of halogens is 4. The number of anilines is 1. The number of pyridine rings is 3. The van der Waals surface area contributed by atoms with Gasteiger partial charge in [0.25, 0.3) is 0 Å². The van der Waals surface area contributed by atoms with Gasteiger partial charge in [-0.3, -0.25) is 19.0 Å². The molecular weight excluding hydrogens is 576 g/mol. The average Bonchev–Trinajstić information content (AvgIpc) is 3.40. The minimum Gasteiger partial charge on any atom is -0.345 e. The molecular formula is C32H26F4N6O2. The van der Waals surface area contributed by atoms with E-state index in [2.05, 4.69) is 20.3 Å². The Kier molecular flexibility index (Phi) is 8.26. The van der Waals surface area contributed by atoms with Gasteiger partial charge >= 0.3 is 6.18 Å². The van der Waals surface area contributed by atoms with Gasteiger partial charge < -0.3 is 10.2 Å². The fourth-order valence-electron chi connectivity index (χ4n) is 4.62. The molecule has 224 valence electrons. The van der Waals surface area contributed by atoms with Crippen molar-refractivity contribution < 1.29 is 27.2 Å². The van der Waals surface area contributed by atoms with E-state index in [1.807, 2.05) is 34.9 Å². The zero-order valence-electron chi connectivity index (χ0n) is 23.9. The van der Waals surface area contributed by atoms with Crippen LogP contribution < -0.4 is 5.32 Å². The Hall–Kier alpha value is -5.39. The highest BCUT2D eigenvalue weighted by Crippen LogP contribution is 2.35. The second kappa shape index (κ2) is 12.1. The van der Waals surface area contributed by atoms with Crippen LogP contribution in [0.2, 0.25) is 0 Å². The molecule has 0 radical (unpaired) electrons. The number of imidazole rings is 1. The molecule has 0 aliphatic heterocycles. The van der Waals surface area contributed by atoms with E-state index < -0.39 is 35.8 Å². The average molecular weight is 603 g/mol. The van der Waals surface area contributed by atoms with E-state index >= 15 is 4.39 Å². The molecule has 4 heterocycles. The quantitative estimate of drug-likeness (QED) is 0.177. The summed E-state index contributed by atoms with van der Waals surface area (Å²) >= 11 is 0. The first-order chi connectivity index (χ1) is 20.9. The second-order valence-corrected chi connectivity index (χ2v) is 10.2. The first kappa shape index (κ1) is 30.1. The number of carbonyl (C=O) groups is 2. The van der Waals surface area contributed by atoms with Crippen molar-refractivity contribution in [2.24, 2.45) is 0 Å². The zero-order chi connectivity index (χ0) is 31.6. The van der Waals surface area contributed by atoms with E-state index in [1.54, 1.807) is 24.7 Å². The van der Waals surface area contributed by atoms with Crippen molar-refractivity contribution in [1.29, 1.82) is 0 Å². The van der Waals surface area contributed by atoms with Crippen molar-refractivity contribution >= 4 is 29.4 Å². The number of rotatable bonds is 7. The maximum Gasteiger partial charge on any atom is 0.417 e. The van der Waals surface area contributed by atoms with Gasteiger partial charge in [0.05, 0.1) is 23.9 Å². The molecule has 1 N–H and O–H groups in total. The molecule has 0 aliphatic rings. The Balaban J connectivity index is 1.34. The van der Waals surface area contributed by atoms with Crippen LogP contribution in [0.4, 0.5) is 23.4 Å². The summed E-state index contributed by atoms with van der Waals surface area (Å²) in [4.78, 5) is 38.3. The molecule has 2 amide bonds. The monoisotopic (exact) mass is 602 g/mol. The van der Waals surface area contributed by atoms with Gasteiger partial charge in [-0.25, -0.2) is 14.4 Å². The SMILES string of the molecule is Cc1nc(NC(=O)Cc2ccc(-c3cnc4cc(-c5ccncc5)ccn34)cc2F)cc(C(F)(F)F)c1/C=C/C(=O)N(C)C. The van der Waals surface area contributed by atoms with Crippen LogP contribution in [0.25, 0.3) is 34.1 Å². The van der Waals surface area contributed by atoms with Gasteiger partial charge in [0.15, 0.2) is 0 Å². The summed E-state index contributed by atoms with van der Waals surface area (Å²) in [5.41, 5.74) is 2.38. The Morgan fingerprint density at radius 1 is 1.00 bits per heavy atom. The van der Waals surface area contributed by atoms with Crippen molar-refractivity contribution in [2.75, 3.05) is 19.4 Å². The van der Waals surface area contributed by atoms with Gasteiger partial charge in [-0.15, -0.1) is 0 Å². The number of alkyl halides is 3. The summed E-state index contributed by atoms with van der Waals surface area (Å²) in [7, 11) is 2.94. The lowest BCUT2D eigenvalue weighted by molar-refractivity contribution is -0.137. The summed E-state index contributed by atoms with van der Waals surface area (Å²) in [6.07, 6.45) is 3.68. The van der Waals surface area contributed by atoms with Crippen molar-refractivity contribution in [3.8, 4) is 22.4 Å².